The molecule has 1 aromatic carbocycles. The number of carbonyl (C=O) groups excluding carboxylic acids is 1. The molecule has 138 valence electrons. The highest BCUT2D eigenvalue weighted by Gasteiger charge is 2.25. The summed E-state index contributed by atoms with van der Waals surface area (Å²) in [6, 6.07) is 8.76. The van der Waals surface area contributed by atoms with Crippen molar-refractivity contribution >= 4 is 23.5 Å². The molecule has 2 atom stereocenters. The smallest absolute Gasteiger partial charge is 0.326 e. The molecular weight excluding hydrogens is 358 g/mol. The van der Waals surface area contributed by atoms with Crippen LogP contribution in [0.1, 0.15) is 20.3 Å². The van der Waals surface area contributed by atoms with Crippen molar-refractivity contribution in [3.8, 4) is 11.3 Å². The summed E-state index contributed by atoms with van der Waals surface area (Å²) in [5, 5.41) is 16.5. The number of rotatable bonds is 7. The molecule has 0 bridgehead atoms. The number of nitrogens with one attached hydrogen (secondary N) is 1. The molecule has 1 aromatic heterocycles. The van der Waals surface area contributed by atoms with Crippen molar-refractivity contribution in [3.05, 3.63) is 51.8 Å². The van der Waals surface area contributed by atoms with Crippen molar-refractivity contribution in [1.82, 2.24) is 15.1 Å². The van der Waals surface area contributed by atoms with Gasteiger partial charge in [0.2, 0.25) is 5.91 Å². The zero-order chi connectivity index (χ0) is 19.3. The molecule has 0 aliphatic heterocycles. The maximum Gasteiger partial charge on any atom is 0.326 e. The Morgan fingerprint density at radius 2 is 1.88 bits per heavy atom. The molecule has 1 amide bonds. The number of aromatic nitrogens is 2. The Hall–Kier alpha value is -2.67. The summed E-state index contributed by atoms with van der Waals surface area (Å²) in [6.45, 7) is 3.22. The van der Waals surface area contributed by atoms with E-state index in [4.69, 9.17) is 11.6 Å². The van der Waals surface area contributed by atoms with E-state index in [1.54, 1.807) is 37.3 Å². The predicted octanol–water partition coefficient (Wildman–Crippen LogP) is 2.18. The van der Waals surface area contributed by atoms with E-state index >= 15 is 0 Å². The average molecular weight is 378 g/mol. The lowest BCUT2D eigenvalue weighted by Gasteiger charge is -2.20. The van der Waals surface area contributed by atoms with Gasteiger partial charge in [-0.1, -0.05) is 44.0 Å². The third-order valence-electron chi connectivity index (χ3n) is 4.10. The van der Waals surface area contributed by atoms with Crippen LogP contribution in [0.2, 0.25) is 5.02 Å². The van der Waals surface area contributed by atoms with Crippen molar-refractivity contribution in [2.75, 3.05) is 0 Å². The fourth-order valence-corrected chi connectivity index (χ4v) is 2.50. The van der Waals surface area contributed by atoms with Gasteiger partial charge in [-0.25, -0.2) is 9.48 Å². The molecule has 2 aromatic rings. The fraction of sp³-hybridized carbons (Fsp3) is 0.333. The second-order valence-corrected chi connectivity index (χ2v) is 6.43. The summed E-state index contributed by atoms with van der Waals surface area (Å²) in [5.74, 6) is -1.93. The van der Waals surface area contributed by atoms with E-state index in [9.17, 15) is 19.5 Å². The molecule has 0 radical (unpaired) electrons. The van der Waals surface area contributed by atoms with Gasteiger partial charge in [0.1, 0.15) is 12.6 Å². The van der Waals surface area contributed by atoms with Gasteiger partial charge in [0.25, 0.3) is 5.56 Å². The van der Waals surface area contributed by atoms with Gasteiger partial charge in [-0.15, -0.1) is 0 Å². The van der Waals surface area contributed by atoms with Crippen molar-refractivity contribution in [1.29, 1.82) is 0 Å². The molecule has 8 heteroatoms. The van der Waals surface area contributed by atoms with Crippen molar-refractivity contribution in [2.24, 2.45) is 5.92 Å². The van der Waals surface area contributed by atoms with Crippen molar-refractivity contribution < 1.29 is 14.7 Å². The average Bonchev–Trinajstić information content (AvgIpc) is 2.61. The minimum Gasteiger partial charge on any atom is -0.480 e. The van der Waals surface area contributed by atoms with Crippen LogP contribution in [0, 0.1) is 5.92 Å². The molecular formula is C18H20ClN3O4. The number of benzene rings is 1. The molecule has 2 N–H and O–H groups in total. The Morgan fingerprint density at radius 1 is 1.23 bits per heavy atom. The first kappa shape index (κ1) is 19.7. The third-order valence-corrected chi connectivity index (χ3v) is 4.35. The molecule has 0 saturated heterocycles. The Morgan fingerprint density at radius 3 is 2.46 bits per heavy atom. The number of amides is 1. The molecule has 2 rings (SSSR count). The van der Waals surface area contributed by atoms with Gasteiger partial charge in [-0.2, -0.15) is 5.10 Å². The van der Waals surface area contributed by atoms with Gasteiger partial charge in [-0.05, 0) is 24.1 Å². The van der Waals surface area contributed by atoms with E-state index in [-0.39, 0.29) is 12.5 Å². The number of hydrogen-bond donors (Lipinski definition) is 2. The minimum atomic E-state index is -1.11. The first-order valence-electron chi connectivity index (χ1n) is 8.18. The van der Waals surface area contributed by atoms with Gasteiger partial charge in [0, 0.05) is 16.7 Å². The predicted molar refractivity (Wildman–Crippen MR) is 98.0 cm³/mol. The largest absolute Gasteiger partial charge is 0.480 e. The molecule has 0 fully saturated rings. The van der Waals surface area contributed by atoms with E-state index in [1.165, 1.54) is 6.07 Å². The molecule has 0 unspecified atom stereocenters. The third kappa shape index (κ3) is 4.92. The maximum atomic E-state index is 12.2. The highest BCUT2D eigenvalue weighted by atomic mass is 35.5. The summed E-state index contributed by atoms with van der Waals surface area (Å²) in [5.41, 5.74) is 0.797. The Labute approximate surface area is 155 Å². The van der Waals surface area contributed by atoms with E-state index in [0.29, 0.717) is 17.1 Å². The van der Waals surface area contributed by atoms with E-state index < -0.39 is 23.5 Å². The van der Waals surface area contributed by atoms with Crippen molar-refractivity contribution in [3.63, 3.8) is 0 Å². The molecule has 1 heterocycles. The molecule has 0 aliphatic carbocycles. The van der Waals surface area contributed by atoms with Gasteiger partial charge >= 0.3 is 5.97 Å². The summed E-state index contributed by atoms with van der Waals surface area (Å²) in [4.78, 5) is 35.5. The van der Waals surface area contributed by atoms with Crippen LogP contribution in [0.5, 0.6) is 0 Å². The van der Waals surface area contributed by atoms with E-state index in [0.717, 1.165) is 10.2 Å². The molecule has 0 aliphatic rings. The Kier molecular flexibility index (Phi) is 6.52. The fourth-order valence-electron chi connectivity index (χ4n) is 2.38. The lowest BCUT2D eigenvalue weighted by molar-refractivity contribution is -0.143. The summed E-state index contributed by atoms with van der Waals surface area (Å²) >= 11 is 5.86. The van der Waals surface area contributed by atoms with Crippen LogP contribution >= 0.6 is 11.6 Å². The Balaban J connectivity index is 2.19. The summed E-state index contributed by atoms with van der Waals surface area (Å²) < 4.78 is 1.01. The number of carbonyl (C=O) groups is 2. The van der Waals surface area contributed by atoms with Gasteiger partial charge in [-0.3, -0.25) is 9.59 Å². The Bertz CT molecular complexity index is 848. The SMILES string of the molecule is CC[C@H](C)[C@H](NC(=O)Cn1nc(-c2ccc(Cl)cc2)ccc1=O)C(=O)O. The zero-order valence-electron chi connectivity index (χ0n) is 14.5. The van der Waals surface area contributed by atoms with Gasteiger partial charge in [0.05, 0.1) is 5.69 Å². The van der Waals surface area contributed by atoms with Crippen molar-refractivity contribution in [2.45, 2.75) is 32.9 Å². The lowest BCUT2D eigenvalue weighted by atomic mass is 9.99. The highest BCUT2D eigenvalue weighted by Crippen LogP contribution is 2.18. The number of hydrogen-bond acceptors (Lipinski definition) is 4. The second kappa shape index (κ2) is 8.62. The van der Waals surface area contributed by atoms with Crippen LogP contribution in [0.15, 0.2) is 41.2 Å². The molecule has 7 nitrogen and oxygen atoms in total. The second-order valence-electron chi connectivity index (χ2n) is 5.99. The number of aliphatic carboxylic acids is 1. The van der Waals surface area contributed by atoms with Crippen LogP contribution in [0.4, 0.5) is 0 Å². The quantitative estimate of drug-likeness (QED) is 0.770. The summed E-state index contributed by atoms with van der Waals surface area (Å²) in [6.07, 6.45) is 0.599. The highest BCUT2D eigenvalue weighted by molar-refractivity contribution is 6.30. The zero-order valence-corrected chi connectivity index (χ0v) is 15.2. The van der Waals surface area contributed by atoms with Crippen LogP contribution in [-0.4, -0.2) is 32.8 Å². The molecule has 26 heavy (non-hydrogen) atoms. The van der Waals surface area contributed by atoms with E-state index in [1.807, 2.05) is 6.92 Å². The first-order chi connectivity index (χ1) is 12.3. The standard InChI is InChI=1S/C18H20ClN3O4/c1-3-11(2)17(18(25)26)20-15(23)10-22-16(24)9-8-14(21-22)12-4-6-13(19)7-5-12/h4-9,11,17H,3,10H2,1-2H3,(H,20,23)(H,25,26)/t11-,17-/m0/s1. The first-order valence-corrected chi connectivity index (χ1v) is 8.56. The monoisotopic (exact) mass is 377 g/mol. The van der Waals surface area contributed by atoms with E-state index in [2.05, 4.69) is 10.4 Å². The maximum absolute atomic E-state index is 12.2. The molecule has 0 saturated carbocycles. The minimum absolute atomic E-state index is 0.235. The topological polar surface area (TPSA) is 101 Å². The number of halogens is 1. The number of carboxylic acid groups (broad SMARTS) is 1. The van der Waals surface area contributed by atoms with Crippen LogP contribution < -0.4 is 10.9 Å². The number of nitrogens with zero attached hydrogens (tertiary/aromatic N) is 2. The van der Waals surface area contributed by atoms with Gasteiger partial charge in [0.15, 0.2) is 0 Å². The van der Waals surface area contributed by atoms with Gasteiger partial charge < -0.3 is 10.4 Å². The summed E-state index contributed by atoms with van der Waals surface area (Å²) in [7, 11) is 0. The molecule has 0 spiro atoms. The lowest BCUT2D eigenvalue weighted by Crippen LogP contribution is -2.47. The number of carboxylic acids is 1. The van der Waals surface area contributed by atoms with Crippen LogP contribution in [0.25, 0.3) is 11.3 Å². The van der Waals surface area contributed by atoms with Crippen LogP contribution in [-0.2, 0) is 16.1 Å². The van der Waals surface area contributed by atoms with Crippen LogP contribution in [0.3, 0.4) is 0 Å². The normalized spacial score (nSPS) is 13.0.